The van der Waals surface area contributed by atoms with Gasteiger partial charge in [0.25, 0.3) is 0 Å². The zero-order valence-electron chi connectivity index (χ0n) is 11.0. The van der Waals surface area contributed by atoms with Crippen LogP contribution in [0, 0.1) is 0 Å². The molecule has 0 aliphatic rings. The highest BCUT2D eigenvalue weighted by atomic mass is 32.2. The van der Waals surface area contributed by atoms with Crippen LogP contribution in [0.5, 0.6) is 0 Å². The fourth-order valence-electron chi connectivity index (χ4n) is 1.57. The van der Waals surface area contributed by atoms with Crippen molar-refractivity contribution >= 4 is 23.1 Å². The third-order valence-electron chi connectivity index (χ3n) is 2.45. The maximum Gasteiger partial charge on any atom is 0.107 e. The van der Waals surface area contributed by atoms with Crippen LogP contribution in [0.1, 0.15) is 24.0 Å². The van der Waals surface area contributed by atoms with Gasteiger partial charge in [-0.15, -0.1) is 11.3 Å². The van der Waals surface area contributed by atoms with E-state index in [-0.39, 0.29) is 0 Å². The molecule has 0 unspecified atom stereocenters. The summed E-state index contributed by atoms with van der Waals surface area (Å²) in [6.45, 7) is 6.15. The molecule has 1 rings (SSSR count). The van der Waals surface area contributed by atoms with Crippen LogP contribution in [-0.2, 0) is 13.1 Å². The van der Waals surface area contributed by atoms with Gasteiger partial charge in [0, 0.05) is 18.5 Å². The number of hydrogen-bond donors (Lipinski definition) is 1. The second-order valence-electron chi connectivity index (χ2n) is 4.10. The van der Waals surface area contributed by atoms with Crippen LogP contribution < -0.4 is 5.32 Å². The lowest BCUT2D eigenvalue weighted by atomic mass is 10.4. The summed E-state index contributed by atoms with van der Waals surface area (Å²) in [7, 11) is 2.17. The Kier molecular flexibility index (Phi) is 7.84. The Morgan fingerprint density at radius 2 is 2.35 bits per heavy atom. The lowest BCUT2D eigenvalue weighted by Gasteiger charge is -2.14. The Morgan fingerprint density at radius 3 is 3.06 bits per heavy atom. The average Bonchev–Trinajstić information content (AvgIpc) is 2.74. The van der Waals surface area contributed by atoms with Crippen molar-refractivity contribution in [1.29, 1.82) is 0 Å². The molecular weight excluding hydrogens is 250 g/mol. The summed E-state index contributed by atoms with van der Waals surface area (Å²) in [6.07, 6.45) is 3.42. The second kappa shape index (κ2) is 8.91. The number of nitrogens with one attached hydrogen (secondary N) is 1. The molecular formula is C12H23N3S2. The van der Waals surface area contributed by atoms with Gasteiger partial charge in [0.15, 0.2) is 0 Å². The standard InChI is InChI=1S/C12H23N3S2/c1-4-13-8-12-14-11(10-17-12)9-15(2)6-5-7-16-3/h10,13H,4-9H2,1-3H3. The van der Waals surface area contributed by atoms with E-state index in [9.17, 15) is 0 Å². The molecule has 0 saturated carbocycles. The minimum Gasteiger partial charge on any atom is -0.311 e. The molecule has 0 amide bonds. The summed E-state index contributed by atoms with van der Waals surface area (Å²) in [6, 6.07) is 0. The highest BCUT2D eigenvalue weighted by molar-refractivity contribution is 7.98. The first-order valence-electron chi connectivity index (χ1n) is 6.07. The van der Waals surface area contributed by atoms with Crippen molar-refractivity contribution in [1.82, 2.24) is 15.2 Å². The number of nitrogens with zero attached hydrogens (tertiary/aromatic N) is 2. The van der Waals surface area contributed by atoms with Crippen LogP contribution in [0.15, 0.2) is 5.38 Å². The van der Waals surface area contributed by atoms with E-state index in [0.29, 0.717) is 0 Å². The molecule has 0 spiro atoms. The van der Waals surface area contributed by atoms with Crippen molar-refractivity contribution in [2.24, 2.45) is 0 Å². The van der Waals surface area contributed by atoms with Crippen molar-refractivity contribution in [3.8, 4) is 0 Å². The van der Waals surface area contributed by atoms with Crippen LogP contribution in [0.2, 0.25) is 0 Å². The van der Waals surface area contributed by atoms with Crippen LogP contribution in [0.4, 0.5) is 0 Å². The predicted molar refractivity (Wildman–Crippen MR) is 78.8 cm³/mol. The molecule has 1 aromatic heterocycles. The van der Waals surface area contributed by atoms with E-state index in [0.717, 1.165) is 26.2 Å². The van der Waals surface area contributed by atoms with Gasteiger partial charge in [-0.2, -0.15) is 11.8 Å². The Hall–Kier alpha value is -0.100. The SMILES string of the molecule is CCNCc1nc(CN(C)CCCSC)cs1. The summed E-state index contributed by atoms with van der Waals surface area (Å²) in [5, 5.41) is 6.68. The molecule has 0 aliphatic heterocycles. The van der Waals surface area contributed by atoms with Crippen LogP contribution in [0.25, 0.3) is 0 Å². The Balaban J connectivity index is 2.27. The molecule has 0 aromatic carbocycles. The topological polar surface area (TPSA) is 28.2 Å². The Morgan fingerprint density at radius 1 is 1.53 bits per heavy atom. The fourth-order valence-corrected chi connectivity index (χ4v) is 2.74. The molecule has 5 heteroatoms. The lowest BCUT2D eigenvalue weighted by Crippen LogP contribution is -2.20. The fraction of sp³-hybridized carbons (Fsp3) is 0.750. The first-order chi connectivity index (χ1) is 8.26. The highest BCUT2D eigenvalue weighted by Gasteiger charge is 2.04. The molecule has 98 valence electrons. The van der Waals surface area contributed by atoms with Crippen LogP contribution in [0.3, 0.4) is 0 Å². The molecule has 0 radical (unpaired) electrons. The van der Waals surface area contributed by atoms with Gasteiger partial charge in [-0.05, 0) is 38.6 Å². The monoisotopic (exact) mass is 273 g/mol. The normalized spacial score (nSPS) is 11.3. The van der Waals surface area contributed by atoms with Gasteiger partial charge in [-0.25, -0.2) is 4.98 Å². The second-order valence-corrected chi connectivity index (χ2v) is 6.03. The quantitative estimate of drug-likeness (QED) is 0.700. The first kappa shape index (κ1) is 15.0. The van der Waals surface area contributed by atoms with E-state index in [1.54, 1.807) is 11.3 Å². The molecule has 0 aliphatic carbocycles. The summed E-state index contributed by atoms with van der Waals surface area (Å²) >= 11 is 3.67. The lowest BCUT2D eigenvalue weighted by molar-refractivity contribution is 0.325. The van der Waals surface area contributed by atoms with Gasteiger partial charge in [0.2, 0.25) is 0 Å². The molecule has 1 aromatic rings. The van der Waals surface area contributed by atoms with E-state index in [1.165, 1.54) is 22.9 Å². The molecule has 3 nitrogen and oxygen atoms in total. The van der Waals surface area contributed by atoms with Gasteiger partial charge < -0.3 is 10.2 Å². The molecule has 1 N–H and O–H groups in total. The van der Waals surface area contributed by atoms with Gasteiger partial charge in [0.1, 0.15) is 5.01 Å². The summed E-state index contributed by atoms with van der Waals surface area (Å²) in [5.74, 6) is 1.24. The van der Waals surface area contributed by atoms with Gasteiger partial charge >= 0.3 is 0 Å². The van der Waals surface area contributed by atoms with Gasteiger partial charge in [0.05, 0.1) is 5.69 Å². The zero-order valence-corrected chi connectivity index (χ0v) is 12.7. The molecule has 0 saturated heterocycles. The van der Waals surface area contributed by atoms with Gasteiger partial charge in [-0.3, -0.25) is 0 Å². The van der Waals surface area contributed by atoms with Gasteiger partial charge in [-0.1, -0.05) is 6.92 Å². The predicted octanol–water partition coefficient (Wildman–Crippen LogP) is 2.44. The third kappa shape index (κ3) is 6.41. The maximum absolute atomic E-state index is 4.63. The molecule has 0 atom stereocenters. The minimum atomic E-state index is 0.900. The number of rotatable bonds is 9. The number of hydrogen-bond acceptors (Lipinski definition) is 5. The van der Waals surface area contributed by atoms with Crippen molar-refractivity contribution < 1.29 is 0 Å². The van der Waals surface area contributed by atoms with E-state index in [4.69, 9.17) is 0 Å². The Bertz CT molecular complexity index is 302. The molecule has 0 bridgehead atoms. The molecule has 1 heterocycles. The highest BCUT2D eigenvalue weighted by Crippen LogP contribution is 2.11. The number of thiazole rings is 1. The van der Waals surface area contributed by atoms with E-state index < -0.39 is 0 Å². The van der Waals surface area contributed by atoms with E-state index >= 15 is 0 Å². The average molecular weight is 273 g/mol. The summed E-state index contributed by atoms with van der Waals surface area (Å²) < 4.78 is 0. The van der Waals surface area contributed by atoms with E-state index in [2.05, 4.69) is 40.8 Å². The molecule has 17 heavy (non-hydrogen) atoms. The largest absolute Gasteiger partial charge is 0.311 e. The maximum atomic E-state index is 4.63. The smallest absolute Gasteiger partial charge is 0.107 e. The van der Waals surface area contributed by atoms with Crippen molar-refractivity contribution in [3.05, 3.63) is 16.1 Å². The van der Waals surface area contributed by atoms with Crippen LogP contribution >= 0.6 is 23.1 Å². The summed E-state index contributed by atoms with van der Waals surface area (Å²) in [5.41, 5.74) is 1.20. The van der Waals surface area contributed by atoms with Crippen molar-refractivity contribution in [3.63, 3.8) is 0 Å². The number of aromatic nitrogens is 1. The van der Waals surface area contributed by atoms with Crippen molar-refractivity contribution in [2.75, 3.05) is 32.1 Å². The van der Waals surface area contributed by atoms with Crippen LogP contribution in [-0.4, -0.2) is 42.0 Å². The first-order valence-corrected chi connectivity index (χ1v) is 8.35. The van der Waals surface area contributed by atoms with E-state index in [1.807, 2.05) is 11.8 Å². The van der Waals surface area contributed by atoms with Crippen molar-refractivity contribution in [2.45, 2.75) is 26.4 Å². The molecule has 0 fully saturated rings. The number of thioether (sulfide) groups is 1. The minimum absolute atomic E-state index is 0.900. The zero-order chi connectivity index (χ0) is 12.5. The third-order valence-corrected chi connectivity index (χ3v) is 4.04. The Labute approximate surface area is 113 Å². The summed E-state index contributed by atoms with van der Waals surface area (Å²) in [4.78, 5) is 6.97.